The van der Waals surface area contributed by atoms with Gasteiger partial charge in [0.05, 0.1) is 30.5 Å². The van der Waals surface area contributed by atoms with Crippen molar-refractivity contribution in [3.8, 4) is 11.5 Å². The van der Waals surface area contributed by atoms with Crippen LogP contribution in [-0.4, -0.2) is 37.9 Å². The summed E-state index contributed by atoms with van der Waals surface area (Å²) in [5.74, 6) is 0.308. The van der Waals surface area contributed by atoms with E-state index in [-0.39, 0.29) is 6.54 Å². The number of carbonyl (C=O) groups is 1. The van der Waals surface area contributed by atoms with Gasteiger partial charge in [-0.25, -0.2) is 4.21 Å². The molecule has 0 aromatic heterocycles. The zero-order chi connectivity index (χ0) is 23.3. The lowest BCUT2D eigenvalue weighted by Crippen LogP contribution is -2.36. The van der Waals surface area contributed by atoms with Crippen LogP contribution in [0.15, 0.2) is 71.6 Å². The Morgan fingerprint density at radius 2 is 1.66 bits per heavy atom. The molecule has 0 radical (unpaired) electrons. The fourth-order valence-corrected chi connectivity index (χ4v) is 4.58. The number of hydrogen-bond acceptors (Lipinski definition) is 5. The average Bonchev–Trinajstić information content (AvgIpc) is 2.81. The number of rotatable bonds is 9. The number of para-hydroxylation sites is 1. The molecule has 2 N–H and O–H groups in total. The Balaban J connectivity index is 2.10. The van der Waals surface area contributed by atoms with Crippen molar-refractivity contribution in [1.29, 1.82) is 0 Å². The van der Waals surface area contributed by atoms with Crippen molar-refractivity contribution in [3.63, 3.8) is 0 Å². The van der Waals surface area contributed by atoms with E-state index in [1.165, 1.54) is 18.5 Å². The van der Waals surface area contributed by atoms with Crippen molar-refractivity contribution < 1.29 is 18.5 Å². The molecule has 0 aliphatic heterocycles. The Kier molecular flexibility index (Phi) is 7.61. The number of ether oxygens (including phenoxy) is 2. The van der Waals surface area contributed by atoms with Crippen LogP contribution in [0.4, 0.5) is 17.1 Å². The minimum Gasteiger partial charge on any atom is -0.493 e. The molecule has 0 fully saturated rings. The van der Waals surface area contributed by atoms with Crippen LogP contribution in [-0.2, 0) is 15.8 Å². The predicted octanol–water partition coefficient (Wildman–Crippen LogP) is 4.14. The minimum atomic E-state index is -1.78. The second-order valence-corrected chi connectivity index (χ2v) is 8.64. The molecule has 1 amide bonds. The zero-order valence-corrected chi connectivity index (χ0v) is 19.5. The molecule has 1 atom stereocenters. The predicted molar refractivity (Wildman–Crippen MR) is 128 cm³/mol. The van der Waals surface area contributed by atoms with Crippen LogP contribution in [0, 0.1) is 0 Å². The molecule has 7 nitrogen and oxygen atoms in total. The monoisotopic (exact) mass is 473 g/mol. The molecule has 0 aliphatic carbocycles. The Labute approximate surface area is 194 Å². The van der Waals surface area contributed by atoms with Crippen molar-refractivity contribution in [1.82, 2.24) is 0 Å². The standard InChI is InChI=1S/C23H24ClN3O4S/c1-26(17-7-5-4-6-8-17)20-13-16(24)9-11-19(20)27(15-23(25)28)32(29)18-10-12-21(30-2)22(14-18)31-3/h4-14H,15H2,1-3H3,(H2,25,28). The van der Waals surface area contributed by atoms with Crippen LogP contribution >= 0.6 is 11.6 Å². The summed E-state index contributed by atoms with van der Waals surface area (Å²) >= 11 is 6.29. The molecule has 1 unspecified atom stereocenters. The summed E-state index contributed by atoms with van der Waals surface area (Å²) in [4.78, 5) is 14.2. The van der Waals surface area contributed by atoms with Gasteiger partial charge in [-0.3, -0.25) is 9.10 Å². The van der Waals surface area contributed by atoms with Gasteiger partial charge in [0.15, 0.2) is 22.5 Å². The molecule has 3 aromatic carbocycles. The van der Waals surface area contributed by atoms with Gasteiger partial charge in [-0.1, -0.05) is 29.8 Å². The van der Waals surface area contributed by atoms with Crippen molar-refractivity contribution in [3.05, 3.63) is 71.8 Å². The lowest BCUT2D eigenvalue weighted by Gasteiger charge is -2.29. The fourth-order valence-electron chi connectivity index (χ4n) is 3.19. The van der Waals surface area contributed by atoms with Crippen LogP contribution in [0.2, 0.25) is 5.02 Å². The van der Waals surface area contributed by atoms with E-state index < -0.39 is 16.9 Å². The number of nitrogens with two attached hydrogens (primary N) is 1. The van der Waals surface area contributed by atoms with Gasteiger partial charge in [0.1, 0.15) is 6.54 Å². The van der Waals surface area contributed by atoms with Gasteiger partial charge in [-0.15, -0.1) is 0 Å². The number of benzene rings is 3. The highest BCUT2D eigenvalue weighted by Crippen LogP contribution is 2.38. The number of primary amides is 1. The van der Waals surface area contributed by atoms with Gasteiger partial charge in [0, 0.05) is 23.8 Å². The lowest BCUT2D eigenvalue weighted by atomic mass is 10.2. The molecule has 0 saturated carbocycles. The molecule has 9 heteroatoms. The van der Waals surface area contributed by atoms with Crippen LogP contribution in [0.25, 0.3) is 0 Å². The average molecular weight is 474 g/mol. The first-order valence-corrected chi connectivity index (χ1v) is 11.1. The molecule has 0 bridgehead atoms. The first-order valence-electron chi connectivity index (χ1n) is 9.63. The second kappa shape index (κ2) is 10.4. The molecular weight excluding hydrogens is 450 g/mol. The Morgan fingerprint density at radius 1 is 0.969 bits per heavy atom. The van der Waals surface area contributed by atoms with Gasteiger partial charge in [-0.2, -0.15) is 0 Å². The molecule has 3 rings (SSSR count). The summed E-state index contributed by atoms with van der Waals surface area (Å²) in [5, 5.41) is 0.502. The number of amides is 1. The fraction of sp³-hybridized carbons (Fsp3) is 0.174. The summed E-state index contributed by atoms with van der Waals surface area (Å²) in [7, 11) is 3.11. The van der Waals surface area contributed by atoms with E-state index in [0.29, 0.717) is 32.8 Å². The maximum absolute atomic E-state index is 13.6. The first kappa shape index (κ1) is 23.4. The quantitative estimate of drug-likeness (QED) is 0.505. The summed E-state index contributed by atoms with van der Waals surface area (Å²) < 4.78 is 25.7. The van der Waals surface area contributed by atoms with Crippen molar-refractivity contribution in [2.45, 2.75) is 4.90 Å². The molecular formula is C23H24ClN3O4S. The third kappa shape index (κ3) is 5.15. The number of hydrogen-bond donors (Lipinski definition) is 1. The van der Waals surface area contributed by atoms with Crippen LogP contribution in [0.3, 0.4) is 0 Å². The Hall–Kier alpha value is -3.23. The molecule has 0 aliphatic rings. The topological polar surface area (TPSA) is 85.1 Å². The highest BCUT2D eigenvalue weighted by Gasteiger charge is 2.24. The normalized spacial score (nSPS) is 11.5. The molecule has 3 aromatic rings. The van der Waals surface area contributed by atoms with Crippen molar-refractivity contribution in [2.75, 3.05) is 37.0 Å². The summed E-state index contributed by atoms with van der Waals surface area (Å²) in [6.45, 7) is -0.266. The van der Waals surface area contributed by atoms with Crippen molar-refractivity contribution in [2.24, 2.45) is 5.73 Å². The Morgan fingerprint density at radius 3 is 2.28 bits per heavy atom. The first-order chi connectivity index (χ1) is 15.3. The molecule has 32 heavy (non-hydrogen) atoms. The third-order valence-electron chi connectivity index (χ3n) is 4.77. The van der Waals surface area contributed by atoms with Gasteiger partial charge >= 0.3 is 0 Å². The van der Waals surface area contributed by atoms with E-state index in [1.54, 1.807) is 36.4 Å². The molecule has 0 saturated heterocycles. The molecule has 0 spiro atoms. The smallest absolute Gasteiger partial charge is 0.238 e. The molecule has 168 valence electrons. The van der Waals surface area contributed by atoms with Crippen LogP contribution in [0.1, 0.15) is 0 Å². The van der Waals surface area contributed by atoms with E-state index in [1.807, 2.05) is 42.3 Å². The largest absolute Gasteiger partial charge is 0.493 e. The van der Waals surface area contributed by atoms with Gasteiger partial charge < -0.3 is 20.1 Å². The molecule has 0 heterocycles. The highest BCUT2D eigenvalue weighted by molar-refractivity contribution is 7.86. The number of halogens is 1. The minimum absolute atomic E-state index is 0.266. The second-order valence-electron chi connectivity index (χ2n) is 6.80. The lowest BCUT2D eigenvalue weighted by molar-refractivity contribution is -0.116. The van der Waals surface area contributed by atoms with E-state index in [0.717, 1.165) is 5.69 Å². The SMILES string of the molecule is COc1ccc(S(=O)N(CC(N)=O)c2ccc(Cl)cc2N(C)c2ccccc2)cc1OC. The zero-order valence-electron chi connectivity index (χ0n) is 17.9. The van der Waals surface area contributed by atoms with Gasteiger partial charge in [0.2, 0.25) is 5.91 Å². The van der Waals surface area contributed by atoms with Crippen LogP contribution in [0.5, 0.6) is 11.5 Å². The number of methoxy groups -OCH3 is 2. The summed E-state index contributed by atoms with van der Waals surface area (Å²) in [6, 6.07) is 19.7. The highest BCUT2D eigenvalue weighted by atomic mass is 35.5. The van der Waals surface area contributed by atoms with E-state index in [4.69, 9.17) is 26.8 Å². The Bertz CT molecular complexity index is 1130. The van der Waals surface area contributed by atoms with E-state index in [2.05, 4.69) is 0 Å². The summed E-state index contributed by atoms with van der Waals surface area (Å²) in [6.07, 6.45) is 0. The van der Waals surface area contributed by atoms with E-state index >= 15 is 0 Å². The number of carbonyl (C=O) groups excluding carboxylic acids is 1. The maximum Gasteiger partial charge on any atom is 0.238 e. The van der Waals surface area contributed by atoms with Crippen LogP contribution < -0.4 is 24.4 Å². The number of nitrogens with zero attached hydrogens (tertiary/aromatic N) is 2. The summed E-state index contributed by atoms with van der Waals surface area (Å²) in [5.41, 5.74) is 7.61. The van der Waals surface area contributed by atoms with Crippen molar-refractivity contribution >= 4 is 45.6 Å². The van der Waals surface area contributed by atoms with E-state index in [9.17, 15) is 9.00 Å². The maximum atomic E-state index is 13.6. The third-order valence-corrected chi connectivity index (χ3v) is 6.39. The number of anilines is 3. The van der Waals surface area contributed by atoms with Gasteiger partial charge in [0.25, 0.3) is 0 Å². The van der Waals surface area contributed by atoms with Gasteiger partial charge in [-0.05, 0) is 42.5 Å².